The standard InChI is InChI=1S/C19H21F3N2O4/c1-3-26-13-9-10-16(27-4-2)15(11-13)24-18(25)12-23-14-7-5-6-8-17(14)28-19(20,21)22/h5-11,23H,3-4,12H2,1-2H3,(H,24,25). The van der Waals surface area contributed by atoms with Gasteiger partial charge in [0.25, 0.3) is 0 Å². The molecule has 152 valence electrons. The van der Waals surface area contributed by atoms with Crippen LogP contribution in [0.2, 0.25) is 0 Å². The number of hydrogen-bond donors (Lipinski definition) is 2. The number of anilines is 2. The van der Waals surface area contributed by atoms with Crippen LogP contribution in [0.15, 0.2) is 42.5 Å². The van der Waals surface area contributed by atoms with Crippen LogP contribution in [-0.4, -0.2) is 32.0 Å². The average molecular weight is 398 g/mol. The lowest BCUT2D eigenvalue weighted by Gasteiger charge is -2.16. The predicted octanol–water partition coefficient (Wildman–Crippen LogP) is 4.43. The minimum absolute atomic E-state index is 0.0445. The van der Waals surface area contributed by atoms with Gasteiger partial charge in [0.1, 0.15) is 11.5 Å². The zero-order valence-electron chi connectivity index (χ0n) is 15.4. The zero-order valence-corrected chi connectivity index (χ0v) is 15.4. The highest BCUT2D eigenvalue weighted by Crippen LogP contribution is 2.31. The highest BCUT2D eigenvalue weighted by molar-refractivity contribution is 5.95. The molecule has 0 aromatic heterocycles. The first-order chi connectivity index (χ1) is 13.3. The summed E-state index contributed by atoms with van der Waals surface area (Å²) in [5.41, 5.74) is 0.447. The highest BCUT2D eigenvalue weighted by Gasteiger charge is 2.32. The molecule has 1 amide bonds. The van der Waals surface area contributed by atoms with E-state index < -0.39 is 18.0 Å². The first-order valence-corrected chi connectivity index (χ1v) is 8.60. The number of rotatable bonds is 9. The number of alkyl halides is 3. The Morgan fingerprint density at radius 3 is 2.36 bits per heavy atom. The number of carbonyl (C=O) groups excluding carboxylic acids is 1. The van der Waals surface area contributed by atoms with Crippen molar-refractivity contribution < 1.29 is 32.2 Å². The fraction of sp³-hybridized carbons (Fsp3) is 0.316. The average Bonchev–Trinajstić information content (AvgIpc) is 2.62. The van der Waals surface area contributed by atoms with Gasteiger partial charge in [-0.2, -0.15) is 0 Å². The van der Waals surface area contributed by atoms with E-state index in [-0.39, 0.29) is 12.2 Å². The quantitative estimate of drug-likeness (QED) is 0.654. The molecule has 0 heterocycles. The number of carbonyl (C=O) groups is 1. The van der Waals surface area contributed by atoms with Crippen LogP contribution < -0.4 is 24.8 Å². The fourth-order valence-electron chi connectivity index (χ4n) is 2.34. The summed E-state index contributed by atoms with van der Waals surface area (Å²) in [7, 11) is 0. The summed E-state index contributed by atoms with van der Waals surface area (Å²) in [5.74, 6) is 0.116. The Morgan fingerprint density at radius 2 is 1.68 bits per heavy atom. The Morgan fingerprint density at radius 1 is 0.964 bits per heavy atom. The molecule has 2 N–H and O–H groups in total. The minimum Gasteiger partial charge on any atom is -0.494 e. The third kappa shape index (κ3) is 6.57. The maximum Gasteiger partial charge on any atom is 0.573 e. The number of halogens is 3. The number of ether oxygens (including phenoxy) is 3. The molecule has 0 radical (unpaired) electrons. The van der Waals surface area contributed by atoms with E-state index >= 15 is 0 Å². The molecule has 0 fully saturated rings. The highest BCUT2D eigenvalue weighted by atomic mass is 19.4. The Balaban J connectivity index is 2.06. The van der Waals surface area contributed by atoms with Crippen molar-refractivity contribution >= 4 is 17.3 Å². The second-order valence-electron chi connectivity index (χ2n) is 5.47. The summed E-state index contributed by atoms with van der Waals surface area (Å²) in [5, 5.41) is 5.30. The van der Waals surface area contributed by atoms with Crippen LogP contribution in [0.3, 0.4) is 0 Å². The summed E-state index contributed by atoms with van der Waals surface area (Å²) in [4.78, 5) is 12.3. The van der Waals surface area contributed by atoms with Gasteiger partial charge in [0.05, 0.1) is 31.1 Å². The molecule has 2 aromatic rings. The molecule has 0 saturated heterocycles. The van der Waals surface area contributed by atoms with Gasteiger partial charge in [-0.1, -0.05) is 12.1 Å². The molecule has 0 atom stereocenters. The lowest BCUT2D eigenvalue weighted by Crippen LogP contribution is -2.23. The fourth-order valence-corrected chi connectivity index (χ4v) is 2.34. The SMILES string of the molecule is CCOc1ccc(OCC)c(NC(=O)CNc2ccccc2OC(F)(F)F)c1. The van der Waals surface area contributed by atoms with E-state index in [0.29, 0.717) is 30.4 Å². The molecule has 0 aliphatic carbocycles. The van der Waals surface area contributed by atoms with Crippen molar-refractivity contribution in [2.45, 2.75) is 20.2 Å². The maximum atomic E-state index is 12.5. The van der Waals surface area contributed by atoms with Crippen molar-refractivity contribution in [2.75, 3.05) is 30.4 Å². The van der Waals surface area contributed by atoms with Gasteiger partial charge in [-0.3, -0.25) is 4.79 Å². The summed E-state index contributed by atoms with van der Waals surface area (Å²) >= 11 is 0. The molecule has 6 nitrogen and oxygen atoms in total. The van der Waals surface area contributed by atoms with Crippen LogP contribution in [0.25, 0.3) is 0 Å². The molecule has 0 saturated carbocycles. The van der Waals surface area contributed by atoms with Crippen molar-refractivity contribution in [2.24, 2.45) is 0 Å². The van der Waals surface area contributed by atoms with E-state index in [9.17, 15) is 18.0 Å². The van der Waals surface area contributed by atoms with E-state index in [1.165, 1.54) is 18.2 Å². The van der Waals surface area contributed by atoms with E-state index in [4.69, 9.17) is 9.47 Å². The van der Waals surface area contributed by atoms with Crippen molar-refractivity contribution in [3.05, 3.63) is 42.5 Å². The Bertz CT molecular complexity index is 797. The molecule has 28 heavy (non-hydrogen) atoms. The number of benzene rings is 2. The van der Waals surface area contributed by atoms with Gasteiger partial charge in [0, 0.05) is 6.07 Å². The first kappa shape index (κ1) is 21.2. The van der Waals surface area contributed by atoms with Crippen molar-refractivity contribution in [3.63, 3.8) is 0 Å². The lowest BCUT2D eigenvalue weighted by molar-refractivity contribution is -0.274. The maximum absolute atomic E-state index is 12.5. The molecule has 0 aliphatic heterocycles. The summed E-state index contributed by atoms with van der Waals surface area (Å²) in [6, 6.07) is 10.5. The second kappa shape index (κ2) is 9.72. The number of amides is 1. The Kier molecular flexibility index (Phi) is 7.36. The van der Waals surface area contributed by atoms with Crippen molar-refractivity contribution in [3.8, 4) is 17.2 Å². The third-order valence-corrected chi connectivity index (χ3v) is 3.39. The van der Waals surface area contributed by atoms with Crippen molar-refractivity contribution in [1.29, 1.82) is 0 Å². The monoisotopic (exact) mass is 398 g/mol. The van der Waals surface area contributed by atoms with Gasteiger partial charge < -0.3 is 24.8 Å². The number of para-hydroxylation sites is 2. The van der Waals surface area contributed by atoms with Crippen LogP contribution in [0.4, 0.5) is 24.5 Å². The van der Waals surface area contributed by atoms with E-state index in [1.807, 2.05) is 6.92 Å². The van der Waals surface area contributed by atoms with Crippen LogP contribution in [0, 0.1) is 0 Å². The van der Waals surface area contributed by atoms with Gasteiger partial charge in [0.2, 0.25) is 5.91 Å². The molecule has 2 rings (SSSR count). The van der Waals surface area contributed by atoms with Crippen LogP contribution in [0.1, 0.15) is 13.8 Å². The number of nitrogens with one attached hydrogen (secondary N) is 2. The summed E-state index contributed by atoms with van der Waals surface area (Å²) in [6.07, 6.45) is -4.83. The normalized spacial score (nSPS) is 10.9. The van der Waals surface area contributed by atoms with Crippen LogP contribution in [-0.2, 0) is 4.79 Å². The molecule has 0 aliphatic rings. The molecule has 0 unspecified atom stereocenters. The van der Waals surface area contributed by atoms with Crippen molar-refractivity contribution in [1.82, 2.24) is 0 Å². The topological polar surface area (TPSA) is 68.8 Å². The summed E-state index contributed by atoms with van der Waals surface area (Å²) < 4.78 is 52.2. The molecular weight excluding hydrogens is 377 g/mol. The molecule has 2 aromatic carbocycles. The van der Waals surface area contributed by atoms with Gasteiger partial charge in [-0.05, 0) is 38.1 Å². The largest absolute Gasteiger partial charge is 0.573 e. The Hall–Kier alpha value is -3.10. The molecule has 0 bridgehead atoms. The first-order valence-electron chi connectivity index (χ1n) is 8.60. The summed E-state index contributed by atoms with van der Waals surface area (Å²) in [6.45, 7) is 4.22. The van der Waals surface area contributed by atoms with Gasteiger partial charge in [-0.15, -0.1) is 13.2 Å². The molecule has 0 spiro atoms. The lowest BCUT2D eigenvalue weighted by atomic mass is 10.2. The zero-order chi connectivity index (χ0) is 20.6. The van der Waals surface area contributed by atoms with Gasteiger partial charge >= 0.3 is 6.36 Å². The van der Waals surface area contributed by atoms with Gasteiger partial charge in [-0.25, -0.2) is 0 Å². The third-order valence-electron chi connectivity index (χ3n) is 3.39. The molecular formula is C19H21F3N2O4. The van der Waals surface area contributed by atoms with Crippen LogP contribution in [0.5, 0.6) is 17.2 Å². The molecule has 9 heteroatoms. The minimum atomic E-state index is -4.83. The van der Waals surface area contributed by atoms with Gasteiger partial charge in [0.15, 0.2) is 5.75 Å². The van der Waals surface area contributed by atoms with E-state index in [2.05, 4.69) is 15.4 Å². The van der Waals surface area contributed by atoms with Crippen LogP contribution >= 0.6 is 0 Å². The predicted molar refractivity (Wildman–Crippen MR) is 99.0 cm³/mol. The van der Waals surface area contributed by atoms with E-state index in [1.54, 1.807) is 25.1 Å². The number of hydrogen-bond acceptors (Lipinski definition) is 5. The smallest absolute Gasteiger partial charge is 0.494 e. The second-order valence-corrected chi connectivity index (χ2v) is 5.47. The Labute approximate surface area is 160 Å². The van der Waals surface area contributed by atoms with E-state index in [0.717, 1.165) is 6.07 Å².